The highest BCUT2D eigenvalue weighted by Crippen LogP contribution is 2.52. The minimum absolute atomic E-state index is 0.158. The first kappa shape index (κ1) is 15.5. The van der Waals surface area contributed by atoms with Gasteiger partial charge in [-0.3, -0.25) is 4.79 Å². The lowest BCUT2D eigenvalue weighted by molar-refractivity contribution is -0.152. The summed E-state index contributed by atoms with van der Waals surface area (Å²) in [6.45, 7) is 10.7. The molecule has 3 nitrogen and oxygen atoms in total. The second-order valence-electron chi connectivity index (χ2n) is 6.68. The van der Waals surface area contributed by atoms with Gasteiger partial charge in [-0.15, -0.1) is 0 Å². The van der Waals surface area contributed by atoms with Crippen molar-refractivity contribution in [1.29, 1.82) is 0 Å². The Morgan fingerprint density at radius 3 is 2.61 bits per heavy atom. The maximum absolute atomic E-state index is 11.7. The number of hydrogen-bond acceptors (Lipinski definition) is 3. The van der Waals surface area contributed by atoms with Crippen LogP contribution in [0.15, 0.2) is 0 Å². The fourth-order valence-electron chi connectivity index (χ4n) is 3.04. The molecule has 106 valence electrons. The van der Waals surface area contributed by atoms with Crippen molar-refractivity contribution >= 4 is 5.97 Å². The highest BCUT2D eigenvalue weighted by Gasteiger charge is 2.49. The van der Waals surface area contributed by atoms with E-state index in [-0.39, 0.29) is 22.9 Å². The second kappa shape index (κ2) is 5.60. The molecule has 1 N–H and O–H groups in total. The standard InChI is InChI=1S/C15H28O3/c1-6-18-13(17)10-14(3,4)15(5)8-7-11(2)9-12(15)16/h11-12,16H,6-10H2,1-5H3/t11-,12-,15-/m1/s1. The van der Waals surface area contributed by atoms with E-state index in [4.69, 9.17) is 4.74 Å². The van der Waals surface area contributed by atoms with Crippen LogP contribution in [-0.4, -0.2) is 23.8 Å². The monoisotopic (exact) mass is 256 g/mol. The molecule has 0 aromatic heterocycles. The number of hydrogen-bond donors (Lipinski definition) is 1. The highest BCUT2D eigenvalue weighted by atomic mass is 16.5. The van der Waals surface area contributed by atoms with Gasteiger partial charge in [0, 0.05) is 0 Å². The second-order valence-corrected chi connectivity index (χ2v) is 6.68. The Hall–Kier alpha value is -0.570. The third-order valence-electron chi connectivity index (χ3n) is 4.96. The summed E-state index contributed by atoms with van der Waals surface area (Å²) in [5.74, 6) is 0.418. The number of carbonyl (C=O) groups is 1. The van der Waals surface area contributed by atoms with E-state index in [1.54, 1.807) is 0 Å². The number of rotatable bonds is 4. The molecule has 1 rings (SSSR count). The minimum Gasteiger partial charge on any atom is -0.466 e. The van der Waals surface area contributed by atoms with Gasteiger partial charge in [-0.1, -0.05) is 27.7 Å². The lowest BCUT2D eigenvalue weighted by Gasteiger charge is -2.51. The normalized spacial score (nSPS) is 33.2. The van der Waals surface area contributed by atoms with Crippen LogP contribution >= 0.6 is 0 Å². The maximum Gasteiger partial charge on any atom is 0.306 e. The van der Waals surface area contributed by atoms with Crippen LogP contribution < -0.4 is 0 Å². The number of esters is 1. The number of aliphatic hydroxyl groups excluding tert-OH is 1. The molecule has 0 heterocycles. The molecule has 0 bridgehead atoms. The van der Waals surface area contributed by atoms with Crippen LogP contribution in [0.4, 0.5) is 0 Å². The first-order valence-corrected chi connectivity index (χ1v) is 7.06. The summed E-state index contributed by atoms with van der Waals surface area (Å²) in [6.07, 6.45) is 2.98. The van der Waals surface area contributed by atoms with E-state index >= 15 is 0 Å². The molecular formula is C15H28O3. The molecule has 3 heteroatoms. The van der Waals surface area contributed by atoms with E-state index in [0.29, 0.717) is 18.9 Å². The predicted octanol–water partition coefficient (Wildman–Crippen LogP) is 3.15. The van der Waals surface area contributed by atoms with Crippen molar-refractivity contribution in [3.63, 3.8) is 0 Å². The fraction of sp³-hybridized carbons (Fsp3) is 0.933. The molecule has 0 aromatic carbocycles. The Balaban J connectivity index is 2.78. The van der Waals surface area contributed by atoms with Gasteiger partial charge in [-0.25, -0.2) is 0 Å². The smallest absolute Gasteiger partial charge is 0.306 e. The third kappa shape index (κ3) is 3.05. The van der Waals surface area contributed by atoms with Crippen molar-refractivity contribution in [2.45, 2.75) is 66.4 Å². The summed E-state index contributed by atoms with van der Waals surface area (Å²) in [5, 5.41) is 10.4. The van der Waals surface area contributed by atoms with E-state index in [1.807, 2.05) is 6.92 Å². The van der Waals surface area contributed by atoms with Crippen molar-refractivity contribution in [2.24, 2.45) is 16.7 Å². The van der Waals surface area contributed by atoms with Gasteiger partial charge in [0.05, 0.1) is 19.1 Å². The number of ether oxygens (including phenoxy) is 1. The van der Waals surface area contributed by atoms with Gasteiger partial charge in [0.15, 0.2) is 0 Å². The van der Waals surface area contributed by atoms with Gasteiger partial charge in [0.2, 0.25) is 0 Å². The molecule has 0 amide bonds. The zero-order chi connectivity index (χ0) is 14.0. The van der Waals surface area contributed by atoms with Crippen LogP contribution in [0.5, 0.6) is 0 Å². The van der Waals surface area contributed by atoms with Crippen LogP contribution in [0.3, 0.4) is 0 Å². The maximum atomic E-state index is 11.7. The number of carbonyl (C=O) groups excluding carboxylic acids is 1. The van der Waals surface area contributed by atoms with Gasteiger partial charge in [-0.2, -0.15) is 0 Å². The summed E-state index contributed by atoms with van der Waals surface area (Å²) in [6, 6.07) is 0. The Morgan fingerprint density at radius 2 is 2.11 bits per heavy atom. The van der Waals surface area contributed by atoms with E-state index in [1.165, 1.54) is 0 Å². The van der Waals surface area contributed by atoms with Gasteiger partial charge >= 0.3 is 5.97 Å². The quantitative estimate of drug-likeness (QED) is 0.786. The average Bonchev–Trinajstić information content (AvgIpc) is 2.23. The zero-order valence-corrected chi connectivity index (χ0v) is 12.5. The van der Waals surface area contributed by atoms with Crippen molar-refractivity contribution in [3.8, 4) is 0 Å². The summed E-state index contributed by atoms with van der Waals surface area (Å²) < 4.78 is 5.05. The van der Waals surface area contributed by atoms with Crippen molar-refractivity contribution in [1.82, 2.24) is 0 Å². The average molecular weight is 256 g/mol. The molecular weight excluding hydrogens is 228 g/mol. The molecule has 0 unspecified atom stereocenters. The Labute approximate surface area is 111 Å². The largest absolute Gasteiger partial charge is 0.466 e. The number of aliphatic hydroxyl groups is 1. The van der Waals surface area contributed by atoms with E-state index in [9.17, 15) is 9.90 Å². The summed E-state index contributed by atoms with van der Waals surface area (Å²) in [5.41, 5.74) is -0.439. The summed E-state index contributed by atoms with van der Waals surface area (Å²) in [7, 11) is 0. The van der Waals surface area contributed by atoms with Crippen LogP contribution in [0, 0.1) is 16.7 Å². The van der Waals surface area contributed by atoms with Crippen molar-refractivity contribution < 1.29 is 14.6 Å². The van der Waals surface area contributed by atoms with Gasteiger partial charge < -0.3 is 9.84 Å². The molecule has 0 spiro atoms. The van der Waals surface area contributed by atoms with Gasteiger partial charge in [0.25, 0.3) is 0 Å². The fourth-order valence-corrected chi connectivity index (χ4v) is 3.04. The third-order valence-corrected chi connectivity index (χ3v) is 4.96. The molecule has 0 saturated heterocycles. The minimum atomic E-state index is -0.328. The molecule has 0 aliphatic heterocycles. The predicted molar refractivity (Wildman–Crippen MR) is 72.2 cm³/mol. The first-order valence-electron chi connectivity index (χ1n) is 7.06. The van der Waals surface area contributed by atoms with Crippen LogP contribution in [0.25, 0.3) is 0 Å². The molecule has 0 aromatic rings. The molecule has 1 aliphatic carbocycles. The summed E-state index contributed by atoms with van der Waals surface area (Å²) >= 11 is 0. The van der Waals surface area contributed by atoms with Crippen LogP contribution in [-0.2, 0) is 9.53 Å². The van der Waals surface area contributed by atoms with Crippen molar-refractivity contribution in [3.05, 3.63) is 0 Å². The topological polar surface area (TPSA) is 46.5 Å². The lowest BCUT2D eigenvalue weighted by atomic mass is 9.56. The van der Waals surface area contributed by atoms with Crippen molar-refractivity contribution in [2.75, 3.05) is 6.61 Å². The van der Waals surface area contributed by atoms with Gasteiger partial charge in [0.1, 0.15) is 0 Å². The Kier molecular flexibility index (Phi) is 4.82. The SMILES string of the molecule is CCOC(=O)CC(C)(C)[C@]1(C)CC[C@@H](C)C[C@H]1O. The molecule has 1 fully saturated rings. The molecule has 18 heavy (non-hydrogen) atoms. The first-order chi connectivity index (χ1) is 8.23. The van der Waals surface area contributed by atoms with Crippen LogP contribution in [0.1, 0.15) is 60.3 Å². The zero-order valence-electron chi connectivity index (χ0n) is 12.5. The highest BCUT2D eigenvalue weighted by molar-refractivity contribution is 5.70. The molecule has 0 radical (unpaired) electrons. The molecule has 1 aliphatic rings. The summed E-state index contributed by atoms with van der Waals surface area (Å²) in [4.78, 5) is 11.7. The molecule has 1 saturated carbocycles. The Bertz CT molecular complexity index is 298. The van der Waals surface area contributed by atoms with E-state index in [2.05, 4.69) is 27.7 Å². The lowest BCUT2D eigenvalue weighted by Crippen LogP contribution is -2.49. The Morgan fingerprint density at radius 1 is 1.50 bits per heavy atom. The van der Waals surface area contributed by atoms with Crippen LogP contribution in [0.2, 0.25) is 0 Å². The van der Waals surface area contributed by atoms with E-state index < -0.39 is 0 Å². The van der Waals surface area contributed by atoms with E-state index in [0.717, 1.165) is 19.3 Å². The van der Waals surface area contributed by atoms with Gasteiger partial charge in [-0.05, 0) is 42.9 Å². The molecule has 3 atom stereocenters.